The normalized spacial score (nSPS) is 14.3. The van der Waals surface area contributed by atoms with Crippen molar-refractivity contribution in [3.05, 3.63) is 105 Å². The Morgan fingerprint density at radius 2 is 1.61 bits per heavy atom. The molecule has 2 heterocycles. The average Bonchev–Trinajstić information content (AvgIpc) is 3.17. The first kappa shape index (κ1) is 23.7. The first-order chi connectivity index (χ1) is 17.4. The number of nitrogens with zero attached hydrogens (tertiary/aromatic N) is 5. The quantitative estimate of drug-likeness (QED) is 0.296. The summed E-state index contributed by atoms with van der Waals surface area (Å²) in [7, 11) is 0. The summed E-state index contributed by atoms with van der Waals surface area (Å²) in [6, 6.07) is 22.3. The highest BCUT2D eigenvalue weighted by Gasteiger charge is 2.24. The molecule has 0 aliphatic carbocycles. The molecule has 0 saturated carbocycles. The Morgan fingerprint density at radius 1 is 0.917 bits per heavy atom. The first-order valence-electron chi connectivity index (χ1n) is 12.2. The van der Waals surface area contributed by atoms with Gasteiger partial charge in [0.05, 0.1) is 11.5 Å². The van der Waals surface area contributed by atoms with E-state index in [1.165, 1.54) is 16.3 Å². The molecule has 8 heteroatoms. The molecule has 8 nitrogen and oxygen atoms in total. The fourth-order valence-corrected chi connectivity index (χ4v) is 4.99. The Kier molecular flexibility index (Phi) is 6.52. The van der Waals surface area contributed by atoms with E-state index >= 15 is 0 Å². The average molecular weight is 484 g/mol. The molecule has 0 unspecified atom stereocenters. The van der Waals surface area contributed by atoms with E-state index in [2.05, 4.69) is 52.5 Å². The highest BCUT2D eigenvalue weighted by Crippen LogP contribution is 2.23. The molecule has 1 amide bonds. The van der Waals surface area contributed by atoms with Crippen molar-refractivity contribution in [2.24, 2.45) is 0 Å². The summed E-state index contributed by atoms with van der Waals surface area (Å²) in [6.45, 7) is 7.71. The van der Waals surface area contributed by atoms with Crippen LogP contribution in [0.15, 0.2) is 66.7 Å². The molecule has 0 N–H and O–H groups in total. The van der Waals surface area contributed by atoms with Crippen LogP contribution in [0.3, 0.4) is 0 Å². The van der Waals surface area contributed by atoms with Gasteiger partial charge in [-0.2, -0.15) is 5.10 Å². The molecule has 5 rings (SSSR count). The maximum Gasteiger partial charge on any atom is 0.312 e. The molecule has 1 fully saturated rings. The molecule has 0 radical (unpaired) electrons. The highest BCUT2D eigenvalue weighted by atomic mass is 16.6. The summed E-state index contributed by atoms with van der Waals surface area (Å²) in [4.78, 5) is 28.3. The molecule has 36 heavy (non-hydrogen) atoms. The van der Waals surface area contributed by atoms with Crippen molar-refractivity contribution in [1.29, 1.82) is 0 Å². The van der Waals surface area contributed by atoms with Crippen LogP contribution in [-0.4, -0.2) is 56.6 Å². The summed E-state index contributed by atoms with van der Waals surface area (Å²) in [5.41, 5.74) is 3.90. The Morgan fingerprint density at radius 3 is 2.31 bits per heavy atom. The molecule has 1 aromatic heterocycles. The molecule has 184 valence electrons. The Labute approximate surface area is 209 Å². The number of hydrogen-bond acceptors (Lipinski definition) is 5. The number of fused-ring (bicyclic) bond motifs is 1. The van der Waals surface area contributed by atoms with Crippen LogP contribution >= 0.6 is 0 Å². The third-order valence-corrected chi connectivity index (χ3v) is 6.99. The van der Waals surface area contributed by atoms with Crippen LogP contribution in [0.1, 0.15) is 32.9 Å². The zero-order valence-corrected chi connectivity index (χ0v) is 20.6. The number of rotatable bonds is 6. The zero-order valence-electron chi connectivity index (χ0n) is 20.6. The van der Waals surface area contributed by atoms with Gasteiger partial charge in [0, 0.05) is 38.3 Å². The molecule has 0 atom stereocenters. The number of aryl methyl sites for hydroxylation is 1. The lowest BCUT2D eigenvalue weighted by Gasteiger charge is -2.35. The van der Waals surface area contributed by atoms with Crippen molar-refractivity contribution in [3.8, 4) is 0 Å². The molecule has 0 spiro atoms. The van der Waals surface area contributed by atoms with E-state index in [9.17, 15) is 14.9 Å². The number of benzene rings is 3. The molecular weight excluding hydrogens is 454 g/mol. The van der Waals surface area contributed by atoms with Gasteiger partial charge in [-0.1, -0.05) is 54.6 Å². The molecule has 4 aromatic rings. The van der Waals surface area contributed by atoms with Gasteiger partial charge in [-0.25, -0.2) is 0 Å². The van der Waals surface area contributed by atoms with E-state index in [0.717, 1.165) is 25.2 Å². The van der Waals surface area contributed by atoms with Gasteiger partial charge in [-0.3, -0.25) is 24.5 Å². The maximum absolute atomic E-state index is 13.1. The van der Waals surface area contributed by atoms with Gasteiger partial charge < -0.3 is 4.90 Å². The first-order valence-corrected chi connectivity index (χ1v) is 12.2. The van der Waals surface area contributed by atoms with E-state index in [0.29, 0.717) is 36.6 Å². The van der Waals surface area contributed by atoms with E-state index < -0.39 is 4.92 Å². The topological polar surface area (TPSA) is 84.5 Å². The van der Waals surface area contributed by atoms with Crippen LogP contribution in [0.2, 0.25) is 0 Å². The van der Waals surface area contributed by atoms with Gasteiger partial charge >= 0.3 is 5.69 Å². The standard InChI is InChI=1S/C28H29N5O3/c1-20-27(33(35)36)21(2)32(29-20)18-22-10-12-24(13-11-22)28(34)31-16-14-30(15-17-31)19-25-8-5-7-23-6-3-4-9-26(23)25/h3-13H,14-19H2,1-2H3. The number of amides is 1. The fraction of sp³-hybridized carbons (Fsp3) is 0.286. The van der Waals surface area contributed by atoms with Crippen molar-refractivity contribution in [2.45, 2.75) is 26.9 Å². The minimum absolute atomic E-state index is 0.0353. The van der Waals surface area contributed by atoms with E-state index in [1.54, 1.807) is 18.5 Å². The lowest BCUT2D eigenvalue weighted by atomic mass is 10.0. The van der Waals surface area contributed by atoms with Crippen molar-refractivity contribution in [3.63, 3.8) is 0 Å². The van der Waals surface area contributed by atoms with E-state index in [-0.39, 0.29) is 11.6 Å². The second kappa shape index (κ2) is 9.91. The second-order valence-electron chi connectivity index (χ2n) is 9.34. The van der Waals surface area contributed by atoms with Gasteiger partial charge in [0.2, 0.25) is 0 Å². The van der Waals surface area contributed by atoms with Crippen LogP contribution in [0.25, 0.3) is 10.8 Å². The Bertz CT molecular complexity index is 1410. The Balaban J connectivity index is 1.19. The maximum atomic E-state index is 13.1. The van der Waals surface area contributed by atoms with Crippen molar-refractivity contribution >= 4 is 22.4 Å². The van der Waals surface area contributed by atoms with E-state index in [4.69, 9.17) is 0 Å². The largest absolute Gasteiger partial charge is 0.336 e. The van der Waals surface area contributed by atoms with Crippen molar-refractivity contribution < 1.29 is 9.72 Å². The van der Waals surface area contributed by atoms with E-state index in [1.807, 2.05) is 29.2 Å². The molecule has 1 aliphatic heterocycles. The molecule has 0 bridgehead atoms. The minimum Gasteiger partial charge on any atom is -0.336 e. The fourth-order valence-electron chi connectivity index (χ4n) is 4.99. The number of hydrogen-bond donors (Lipinski definition) is 0. The van der Waals surface area contributed by atoms with Gasteiger partial charge in [-0.15, -0.1) is 0 Å². The predicted molar refractivity (Wildman–Crippen MR) is 139 cm³/mol. The van der Waals surface area contributed by atoms with Crippen LogP contribution in [0, 0.1) is 24.0 Å². The summed E-state index contributed by atoms with van der Waals surface area (Å²) in [6.07, 6.45) is 0. The minimum atomic E-state index is -0.391. The van der Waals surface area contributed by atoms with Crippen molar-refractivity contribution in [1.82, 2.24) is 19.6 Å². The summed E-state index contributed by atoms with van der Waals surface area (Å²) in [5.74, 6) is 0.0353. The Hall–Kier alpha value is -4.04. The van der Waals surface area contributed by atoms with Gasteiger partial charge in [0.15, 0.2) is 0 Å². The molecule has 1 aliphatic rings. The van der Waals surface area contributed by atoms with Crippen LogP contribution in [-0.2, 0) is 13.1 Å². The summed E-state index contributed by atoms with van der Waals surface area (Å²) in [5, 5.41) is 18.1. The smallest absolute Gasteiger partial charge is 0.312 e. The van der Waals surface area contributed by atoms with Crippen molar-refractivity contribution in [2.75, 3.05) is 26.2 Å². The zero-order chi connectivity index (χ0) is 25.2. The van der Waals surface area contributed by atoms with Gasteiger partial charge in [0.1, 0.15) is 11.4 Å². The number of piperazine rings is 1. The lowest BCUT2D eigenvalue weighted by molar-refractivity contribution is -0.386. The van der Waals surface area contributed by atoms with Crippen LogP contribution in [0.5, 0.6) is 0 Å². The summed E-state index contributed by atoms with van der Waals surface area (Å²) < 4.78 is 1.64. The number of carbonyl (C=O) groups is 1. The predicted octanol–water partition coefficient (Wildman–Crippen LogP) is 4.57. The number of nitro groups is 1. The second-order valence-corrected chi connectivity index (χ2v) is 9.34. The highest BCUT2D eigenvalue weighted by molar-refractivity contribution is 5.94. The molecular formula is C28H29N5O3. The molecule has 1 saturated heterocycles. The van der Waals surface area contributed by atoms with Gasteiger partial charge in [0.25, 0.3) is 5.91 Å². The summed E-state index contributed by atoms with van der Waals surface area (Å²) >= 11 is 0. The van der Waals surface area contributed by atoms with Crippen LogP contribution in [0.4, 0.5) is 5.69 Å². The van der Waals surface area contributed by atoms with Crippen LogP contribution < -0.4 is 0 Å². The monoisotopic (exact) mass is 483 g/mol. The third-order valence-electron chi connectivity index (χ3n) is 6.99. The lowest BCUT2D eigenvalue weighted by Crippen LogP contribution is -2.48. The SMILES string of the molecule is Cc1nn(Cc2ccc(C(=O)N3CCN(Cc4cccc5ccccc45)CC3)cc2)c(C)c1[N+](=O)[O-]. The van der Waals surface area contributed by atoms with Gasteiger partial charge in [-0.05, 0) is 47.9 Å². The molecule has 3 aromatic carbocycles. The number of aromatic nitrogens is 2. The number of carbonyl (C=O) groups excluding carboxylic acids is 1. The third kappa shape index (κ3) is 4.72.